The molecule has 1 aromatic rings. The van der Waals surface area contributed by atoms with Crippen molar-refractivity contribution in [3.05, 3.63) is 33.9 Å². The van der Waals surface area contributed by atoms with Gasteiger partial charge in [0.25, 0.3) is 11.6 Å². The number of nitrogens with two attached hydrogens (primary N) is 2. The molecule has 1 atom stereocenters. The minimum absolute atomic E-state index is 0.00814. The molecule has 0 saturated carbocycles. The SMILES string of the molecule is CC(CC(N)=O)NC(=O)c1ccc([N+](=O)[O-])c(N)c1. The first kappa shape index (κ1) is 14.4. The third-order valence-electron chi connectivity index (χ3n) is 2.37. The summed E-state index contributed by atoms with van der Waals surface area (Å²) in [4.78, 5) is 32.4. The number of nitrogen functional groups attached to an aromatic ring is 1. The Morgan fingerprint density at radius 1 is 1.47 bits per heavy atom. The largest absolute Gasteiger partial charge is 0.393 e. The van der Waals surface area contributed by atoms with Crippen LogP contribution in [0.15, 0.2) is 18.2 Å². The fourth-order valence-corrected chi connectivity index (χ4v) is 1.52. The molecule has 0 fully saturated rings. The Kier molecular flexibility index (Phi) is 4.41. The number of hydrogen-bond donors (Lipinski definition) is 3. The highest BCUT2D eigenvalue weighted by atomic mass is 16.6. The number of nitro benzene ring substituents is 1. The van der Waals surface area contributed by atoms with Crippen LogP contribution in [0.25, 0.3) is 0 Å². The smallest absolute Gasteiger partial charge is 0.292 e. The number of anilines is 1. The number of carbonyl (C=O) groups is 2. The molecule has 1 rings (SSSR count). The van der Waals surface area contributed by atoms with E-state index in [9.17, 15) is 19.7 Å². The van der Waals surface area contributed by atoms with Crippen LogP contribution in [0.1, 0.15) is 23.7 Å². The predicted molar refractivity (Wildman–Crippen MR) is 68.2 cm³/mol. The molecule has 8 nitrogen and oxygen atoms in total. The summed E-state index contributed by atoms with van der Waals surface area (Å²) in [6, 6.07) is 3.23. The normalized spacial score (nSPS) is 11.6. The maximum Gasteiger partial charge on any atom is 0.292 e. The van der Waals surface area contributed by atoms with Crippen molar-refractivity contribution < 1.29 is 14.5 Å². The molecule has 0 bridgehead atoms. The van der Waals surface area contributed by atoms with E-state index in [2.05, 4.69) is 5.32 Å². The van der Waals surface area contributed by atoms with E-state index in [4.69, 9.17) is 11.5 Å². The zero-order valence-electron chi connectivity index (χ0n) is 10.3. The predicted octanol–water partition coefficient (Wildman–Crippen LogP) is 0.171. The minimum Gasteiger partial charge on any atom is -0.393 e. The van der Waals surface area contributed by atoms with Crippen LogP contribution in [0.5, 0.6) is 0 Å². The van der Waals surface area contributed by atoms with Gasteiger partial charge < -0.3 is 16.8 Å². The summed E-state index contributed by atoms with van der Waals surface area (Å²) in [6.07, 6.45) is 0.00814. The molecular weight excluding hydrogens is 252 g/mol. The van der Waals surface area contributed by atoms with E-state index >= 15 is 0 Å². The van der Waals surface area contributed by atoms with Gasteiger partial charge >= 0.3 is 0 Å². The summed E-state index contributed by atoms with van der Waals surface area (Å²) in [6.45, 7) is 1.62. The van der Waals surface area contributed by atoms with Gasteiger partial charge in [-0.15, -0.1) is 0 Å². The summed E-state index contributed by atoms with van der Waals surface area (Å²) in [7, 11) is 0. The molecule has 0 aliphatic rings. The summed E-state index contributed by atoms with van der Waals surface area (Å²) < 4.78 is 0. The average molecular weight is 266 g/mol. The Balaban J connectivity index is 2.81. The van der Waals surface area contributed by atoms with Crippen LogP contribution in [0.3, 0.4) is 0 Å². The minimum atomic E-state index is -0.632. The lowest BCUT2D eigenvalue weighted by molar-refractivity contribution is -0.383. The van der Waals surface area contributed by atoms with E-state index < -0.39 is 22.8 Å². The molecule has 5 N–H and O–H groups in total. The molecule has 0 saturated heterocycles. The van der Waals surface area contributed by atoms with E-state index in [0.29, 0.717) is 0 Å². The third kappa shape index (κ3) is 3.95. The Bertz CT molecular complexity index is 529. The van der Waals surface area contributed by atoms with Gasteiger partial charge in [-0.25, -0.2) is 0 Å². The van der Waals surface area contributed by atoms with E-state index in [0.717, 1.165) is 6.07 Å². The molecule has 8 heteroatoms. The van der Waals surface area contributed by atoms with Crippen LogP contribution >= 0.6 is 0 Å². The fraction of sp³-hybridized carbons (Fsp3) is 0.273. The lowest BCUT2D eigenvalue weighted by Gasteiger charge is -2.12. The van der Waals surface area contributed by atoms with Gasteiger partial charge in [-0.1, -0.05) is 0 Å². The van der Waals surface area contributed by atoms with Crippen LogP contribution in [0.4, 0.5) is 11.4 Å². The van der Waals surface area contributed by atoms with E-state index in [1.54, 1.807) is 6.92 Å². The number of nitrogens with one attached hydrogen (secondary N) is 1. The lowest BCUT2D eigenvalue weighted by atomic mass is 10.1. The molecule has 1 unspecified atom stereocenters. The first-order valence-electron chi connectivity index (χ1n) is 5.44. The number of amides is 2. The van der Waals surface area contributed by atoms with Crippen molar-refractivity contribution in [2.45, 2.75) is 19.4 Å². The molecule has 1 aromatic carbocycles. The zero-order chi connectivity index (χ0) is 14.6. The van der Waals surface area contributed by atoms with Gasteiger partial charge in [-0.05, 0) is 19.1 Å². The summed E-state index contributed by atoms with van der Waals surface area (Å²) in [5.74, 6) is -1.01. The summed E-state index contributed by atoms with van der Waals surface area (Å²) in [5, 5.41) is 13.1. The lowest BCUT2D eigenvalue weighted by Crippen LogP contribution is -2.35. The number of nitrogens with zero attached hydrogens (tertiary/aromatic N) is 1. The van der Waals surface area contributed by atoms with Gasteiger partial charge in [0, 0.05) is 24.1 Å². The maximum absolute atomic E-state index is 11.8. The van der Waals surface area contributed by atoms with Crippen LogP contribution < -0.4 is 16.8 Å². The van der Waals surface area contributed by atoms with Gasteiger partial charge in [0.05, 0.1) is 4.92 Å². The van der Waals surface area contributed by atoms with Crippen molar-refractivity contribution in [3.63, 3.8) is 0 Å². The molecule has 0 aliphatic heterocycles. The zero-order valence-corrected chi connectivity index (χ0v) is 10.3. The topological polar surface area (TPSA) is 141 Å². The first-order valence-corrected chi connectivity index (χ1v) is 5.44. The summed E-state index contributed by atoms with van der Waals surface area (Å²) in [5.41, 5.74) is 10.3. The average Bonchev–Trinajstić information content (AvgIpc) is 2.26. The molecule has 0 heterocycles. The maximum atomic E-state index is 11.8. The Hall–Kier alpha value is -2.64. The van der Waals surface area contributed by atoms with Crippen LogP contribution in [0, 0.1) is 10.1 Å². The van der Waals surface area contributed by atoms with Gasteiger partial charge in [-0.3, -0.25) is 19.7 Å². The number of nitro groups is 1. The van der Waals surface area contributed by atoms with Gasteiger partial charge in [0.1, 0.15) is 5.69 Å². The Morgan fingerprint density at radius 2 is 2.11 bits per heavy atom. The second kappa shape index (κ2) is 5.80. The molecule has 2 amide bonds. The van der Waals surface area contributed by atoms with E-state index in [1.165, 1.54) is 12.1 Å². The number of carbonyl (C=O) groups excluding carboxylic acids is 2. The Labute approximate surface area is 108 Å². The number of benzene rings is 1. The second-order valence-electron chi connectivity index (χ2n) is 4.08. The van der Waals surface area contributed by atoms with Gasteiger partial charge in [0.2, 0.25) is 5.91 Å². The van der Waals surface area contributed by atoms with Crippen LogP contribution in [-0.4, -0.2) is 22.8 Å². The van der Waals surface area contributed by atoms with Crippen LogP contribution in [0.2, 0.25) is 0 Å². The molecule has 102 valence electrons. The fourth-order valence-electron chi connectivity index (χ4n) is 1.52. The van der Waals surface area contributed by atoms with Gasteiger partial charge in [-0.2, -0.15) is 0 Å². The summed E-state index contributed by atoms with van der Waals surface area (Å²) >= 11 is 0. The third-order valence-corrected chi connectivity index (χ3v) is 2.37. The molecule has 0 spiro atoms. The van der Waals surface area contributed by atoms with E-state index in [-0.39, 0.29) is 23.4 Å². The second-order valence-corrected chi connectivity index (χ2v) is 4.08. The highest BCUT2D eigenvalue weighted by Crippen LogP contribution is 2.21. The quantitative estimate of drug-likeness (QED) is 0.395. The van der Waals surface area contributed by atoms with Crippen molar-refractivity contribution in [3.8, 4) is 0 Å². The van der Waals surface area contributed by atoms with Crippen LogP contribution in [-0.2, 0) is 4.79 Å². The highest BCUT2D eigenvalue weighted by Gasteiger charge is 2.16. The monoisotopic (exact) mass is 266 g/mol. The standard InChI is InChI=1S/C11H14N4O4/c1-6(4-10(13)16)14-11(17)7-2-3-9(15(18)19)8(12)5-7/h2-3,5-6H,4,12H2,1H3,(H2,13,16)(H,14,17). The molecule has 0 aliphatic carbocycles. The highest BCUT2D eigenvalue weighted by molar-refractivity contribution is 5.96. The Morgan fingerprint density at radius 3 is 2.58 bits per heavy atom. The number of hydrogen-bond acceptors (Lipinski definition) is 5. The van der Waals surface area contributed by atoms with Crippen molar-refractivity contribution in [2.24, 2.45) is 5.73 Å². The van der Waals surface area contributed by atoms with Crippen molar-refractivity contribution in [1.82, 2.24) is 5.32 Å². The van der Waals surface area contributed by atoms with E-state index in [1.807, 2.05) is 0 Å². The molecule has 19 heavy (non-hydrogen) atoms. The van der Waals surface area contributed by atoms with Crippen molar-refractivity contribution in [1.29, 1.82) is 0 Å². The van der Waals surface area contributed by atoms with Crippen molar-refractivity contribution >= 4 is 23.2 Å². The van der Waals surface area contributed by atoms with Crippen molar-refractivity contribution in [2.75, 3.05) is 5.73 Å². The number of rotatable bonds is 5. The number of primary amides is 1. The molecule has 0 radical (unpaired) electrons. The first-order chi connectivity index (χ1) is 8.81. The molecular formula is C11H14N4O4. The molecule has 0 aromatic heterocycles. The van der Waals surface area contributed by atoms with Gasteiger partial charge in [0.15, 0.2) is 0 Å².